The zero-order chi connectivity index (χ0) is 13.6. The lowest BCUT2D eigenvalue weighted by Crippen LogP contribution is -2.26. The fourth-order valence-corrected chi connectivity index (χ4v) is 3.75. The first-order valence-corrected chi connectivity index (χ1v) is 8.70. The molecule has 4 nitrogen and oxygen atoms in total. The van der Waals surface area contributed by atoms with E-state index >= 15 is 0 Å². The highest BCUT2D eigenvalue weighted by Gasteiger charge is 2.45. The van der Waals surface area contributed by atoms with Gasteiger partial charge in [0.1, 0.15) is 4.21 Å². The van der Waals surface area contributed by atoms with Gasteiger partial charge in [0.15, 0.2) is 0 Å². The van der Waals surface area contributed by atoms with Gasteiger partial charge in [-0.2, -0.15) is 0 Å². The number of halogens is 1. The first-order chi connectivity index (χ1) is 8.20. The van der Waals surface area contributed by atoms with Crippen molar-refractivity contribution in [2.24, 2.45) is 11.3 Å². The summed E-state index contributed by atoms with van der Waals surface area (Å²) in [6.45, 7) is 4.95. The molecule has 1 N–H and O–H groups in total. The lowest BCUT2D eigenvalue weighted by Gasteiger charge is -2.05. The molecule has 0 radical (unpaired) electrons. The van der Waals surface area contributed by atoms with Gasteiger partial charge in [-0.3, -0.25) is 4.79 Å². The third-order valence-corrected chi connectivity index (χ3v) is 6.34. The SMILES string of the molecule is CC1(C)CC1CNC(=O)c1csc(S(=O)(=O)Cl)c1. The highest BCUT2D eigenvalue weighted by molar-refractivity contribution is 8.15. The summed E-state index contributed by atoms with van der Waals surface area (Å²) in [5.41, 5.74) is 0.657. The number of hydrogen-bond acceptors (Lipinski definition) is 4. The molecule has 1 fully saturated rings. The van der Waals surface area contributed by atoms with E-state index in [0.717, 1.165) is 17.8 Å². The second kappa shape index (κ2) is 4.51. The van der Waals surface area contributed by atoms with Crippen molar-refractivity contribution in [1.29, 1.82) is 0 Å². The smallest absolute Gasteiger partial charge is 0.270 e. The molecular weight excluding hydrogens is 294 g/mol. The van der Waals surface area contributed by atoms with Crippen LogP contribution in [-0.4, -0.2) is 20.9 Å². The van der Waals surface area contributed by atoms with Crippen molar-refractivity contribution < 1.29 is 13.2 Å². The highest BCUT2D eigenvalue weighted by atomic mass is 35.7. The summed E-state index contributed by atoms with van der Waals surface area (Å²) in [6, 6.07) is 1.31. The fourth-order valence-electron chi connectivity index (χ4n) is 1.81. The van der Waals surface area contributed by atoms with Crippen molar-refractivity contribution >= 4 is 37.0 Å². The maximum Gasteiger partial charge on any atom is 0.270 e. The molecule has 0 bridgehead atoms. The minimum absolute atomic E-state index is 0.000989. The van der Waals surface area contributed by atoms with Gasteiger partial charge in [-0.25, -0.2) is 8.42 Å². The summed E-state index contributed by atoms with van der Waals surface area (Å²) in [5.74, 6) is 0.261. The third kappa shape index (κ3) is 3.05. The summed E-state index contributed by atoms with van der Waals surface area (Å²) in [4.78, 5) is 11.8. The average Bonchev–Trinajstić information content (AvgIpc) is 2.66. The monoisotopic (exact) mass is 307 g/mol. The number of rotatable bonds is 4. The summed E-state index contributed by atoms with van der Waals surface area (Å²) in [7, 11) is 1.46. The highest BCUT2D eigenvalue weighted by Crippen LogP contribution is 2.50. The van der Waals surface area contributed by atoms with E-state index in [1.54, 1.807) is 0 Å². The van der Waals surface area contributed by atoms with E-state index < -0.39 is 9.05 Å². The molecule has 1 aromatic heterocycles. The number of thiophene rings is 1. The second-order valence-electron chi connectivity index (χ2n) is 5.19. The van der Waals surface area contributed by atoms with Gasteiger partial charge in [0.05, 0.1) is 5.56 Å². The maximum atomic E-state index is 11.8. The predicted molar refractivity (Wildman–Crippen MR) is 71.6 cm³/mol. The van der Waals surface area contributed by atoms with Crippen LogP contribution in [0.1, 0.15) is 30.6 Å². The molecular formula is C11H14ClNO3S2. The van der Waals surface area contributed by atoms with Crippen LogP contribution in [0.3, 0.4) is 0 Å². The van der Waals surface area contributed by atoms with Crippen molar-refractivity contribution in [2.75, 3.05) is 6.54 Å². The van der Waals surface area contributed by atoms with Gasteiger partial charge in [-0.1, -0.05) is 13.8 Å². The second-order valence-corrected chi connectivity index (χ2v) is 8.90. The molecule has 1 saturated carbocycles. The normalized spacial score (nSPS) is 21.6. The predicted octanol–water partition coefficient (Wildman–Crippen LogP) is 2.45. The van der Waals surface area contributed by atoms with Gasteiger partial charge in [0.2, 0.25) is 0 Å². The molecule has 1 atom stereocenters. The van der Waals surface area contributed by atoms with Gasteiger partial charge in [-0.15, -0.1) is 11.3 Å². The number of carbonyl (C=O) groups is 1. The van der Waals surface area contributed by atoms with E-state index in [1.165, 1.54) is 11.4 Å². The topological polar surface area (TPSA) is 63.2 Å². The van der Waals surface area contributed by atoms with Crippen LogP contribution in [0.4, 0.5) is 0 Å². The Balaban J connectivity index is 1.96. The van der Waals surface area contributed by atoms with E-state index in [2.05, 4.69) is 19.2 Å². The Morgan fingerprint density at radius 2 is 2.22 bits per heavy atom. The van der Waals surface area contributed by atoms with Crippen LogP contribution in [0, 0.1) is 11.3 Å². The Morgan fingerprint density at radius 1 is 1.61 bits per heavy atom. The first-order valence-electron chi connectivity index (χ1n) is 5.51. The summed E-state index contributed by atoms with van der Waals surface area (Å²) in [5, 5.41) is 4.31. The number of nitrogens with one attached hydrogen (secondary N) is 1. The molecule has 0 aliphatic heterocycles. The van der Waals surface area contributed by atoms with Crippen LogP contribution < -0.4 is 5.32 Å². The Labute approximate surface area is 115 Å². The molecule has 0 aromatic carbocycles. The van der Waals surface area contributed by atoms with Crippen molar-refractivity contribution in [1.82, 2.24) is 5.32 Å². The number of amides is 1. The van der Waals surface area contributed by atoms with E-state index in [4.69, 9.17) is 10.7 Å². The number of carbonyl (C=O) groups excluding carboxylic acids is 1. The molecule has 2 rings (SSSR count). The van der Waals surface area contributed by atoms with Crippen molar-refractivity contribution in [3.63, 3.8) is 0 Å². The minimum atomic E-state index is -3.74. The largest absolute Gasteiger partial charge is 0.352 e. The minimum Gasteiger partial charge on any atom is -0.352 e. The summed E-state index contributed by atoms with van der Waals surface area (Å²) in [6.07, 6.45) is 1.11. The molecule has 0 saturated heterocycles. The molecule has 18 heavy (non-hydrogen) atoms. The van der Waals surface area contributed by atoms with Crippen molar-refractivity contribution in [2.45, 2.75) is 24.5 Å². The van der Waals surface area contributed by atoms with Gasteiger partial charge >= 0.3 is 0 Å². The standard InChI is InChI=1S/C11H14ClNO3S2/c1-11(2)4-8(11)5-13-10(14)7-3-9(17-6-7)18(12,15)16/h3,6,8H,4-5H2,1-2H3,(H,13,14). The van der Waals surface area contributed by atoms with Gasteiger partial charge < -0.3 is 5.32 Å². The maximum absolute atomic E-state index is 11.8. The zero-order valence-corrected chi connectivity index (χ0v) is 12.5. The first kappa shape index (κ1) is 13.8. The Bertz CT molecular complexity index is 577. The Hall–Kier alpha value is -0.590. The van der Waals surface area contributed by atoms with E-state index in [1.807, 2.05) is 0 Å². The van der Waals surface area contributed by atoms with E-state index in [9.17, 15) is 13.2 Å². The summed E-state index contributed by atoms with van der Waals surface area (Å²) < 4.78 is 22.1. The Morgan fingerprint density at radius 3 is 2.67 bits per heavy atom. The molecule has 1 aliphatic rings. The van der Waals surface area contributed by atoms with E-state index in [0.29, 0.717) is 23.4 Å². The number of hydrogen-bond donors (Lipinski definition) is 1. The van der Waals surface area contributed by atoms with Crippen LogP contribution in [0.5, 0.6) is 0 Å². The van der Waals surface area contributed by atoms with Crippen molar-refractivity contribution in [3.05, 3.63) is 17.0 Å². The van der Waals surface area contributed by atoms with E-state index in [-0.39, 0.29) is 10.1 Å². The lowest BCUT2D eigenvalue weighted by molar-refractivity contribution is 0.0951. The fraction of sp³-hybridized carbons (Fsp3) is 0.545. The average molecular weight is 308 g/mol. The lowest BCUT2D eigenvalue weighted by atomic mass is 10.1. The summed E-state index contributed by atoms with van der Waals surface area (Å²) >= 11 is 0.954. The van der Waals surface area contributed by atoms with Crippen LogP contribution in [0.15, 0.2) is 15.7 Å². The molecule has 1 heterocycles. The van der Waals surface area contributed by atoms with Gasteiger partial charge in [-0.05, 0) is 23.8 Å². The molecule has 7 heteroatoms. The van der Waals surface area contributed by atoms with Gasteiger partial charge in [0.25, 0.3) is 15.0 Å². The van der Waals surface area contributed by atoms with Gasteiger partial charge in [0, 0.05) is 22.6 Å². The van der Waals surface area contributed by atoms with Crippen LogP contribution in [0.25, 0.3) is 0 Å². The molecule has 1 amide bonds. The molecule has 100 valence electrons. The van der Waals surface area contributed by atoms with Crippen LogP contribution in [0.2, 0.25) is 0 Å². The molecule has 1 aromatic rings. The molecule has 0 spiro atoms. The van der Waals surface area contributed by atoms with Crippen molar-refractivity contribution in [3.8, 4) is 0 Å². The quantitative estimate of drug-likeness (QED) is 0.869. The van der Waals surface area contributed by atoms with Crippen LogP contribution >= 0.6 is 22.0 Å². The molecule has 1 unspecified atom stereocenters. The zero-order valence-electron chi connectivity index (χ0n) is 10.1. The van der Waals surface area contributed by atoms with Crippen LogP contribution in [-0.2, 0) is 9.05 Å². The Kier molecular flexibility index (Phi) is 3.46. The third-order valence-electron chi connectivity index (χ3n) is 3.30. The molecule has 1 aliphatic carbocycles.